The maximum Gasteiger partial charge on any atom is 0.234 e. The lowest BCUT2D eigenvalue weighted by Crippen LogP contribution is -2.15. The highest BCUT2D eigenvalue weighted by atomic mass is 127. The number of aromatic nitrogens is 3. The molecule has 1 N–H and O–H groups in total. The lowest BCUT2D eigenvalue weighted by molar-refractivity contribution is -0.113. The first-order valence-electron chi connectivity index (χ1n) is 8.78. The fraction of sp³-hybridized carbons (Fsp3) is 0.250. The number of benzene rings is 2. The van der Waals surface area contributed by atoms with Gasteiger partial charge in [0.1, 0.15) is 5.75 Å². The third-order valence-electron chi connectivity index (χ3n) is 4.18. The number of halogens is 1. The van der Waals surface area contributed by atoms with E-state index in [1.807, 2.05) is 60.9 Å². The molecule has 0 aliphatic carbocycles. The summed E-state index contributed by atoms with van der Waals surface area (Å²) in [6, 6.07) is 13.6. The summed E-state index contributed by atoms with van der Waals surface area (Å²) >= 11 is 3.64. The molecule has 146 valence electrons. The van der Waals surface area contributed by atoms with Gasteiger partial charge >= 0.3 is 0 Å². The summed E-state index contributed by atoms with van der Waals surface area (Å²) in [4.78, 5) is 12.4. The van der Waals surface area contributed by atoms with E-state index in [-0.39, 0.29) is 11.7 Å². The third-order valence-corrected chi connectivity index (χ3v) is 5.81. The molecule has 3 rings (SSSR count). The van der Waals surface area contributed by atoms with E-state index in [1.165, 1.54) is 11.8 Å². The largest absolute Gasteiger partial charge is 0.497 e. The number of rotatable bonds is 7. The zero-order chi connectivity index (χ0) is 20.1. The van der Waals surface area contributed by atoms with Crippen molar-refractivity contribution in [3.05, 3.63) is 51.6 Å². The van der Waals surface area contributed by atoms with Gasteiger partial charge in [0.2, 0.25) is 5.91 Å². The van der Waals surface area contributed by atoms with Crippen LogP contribution in [0.2, 0.25) is 0 Å². The smallest absolute Gasteiger partial charge is 0.234 e. The summed E-state index contributed by atoms with van der Waals surface area (Å²) < 4.78 is 8.36. The number of thioether (sulfide) groups is 1. The van der Waals surface area contributed by atoms with Crippen molar-refractivity contribution in [1.82, 2.24) is 14.8 Å². The lowest BCUT2D eigenvalue weighted by atomic mass is 10.2. The van der Waals surface area contributed by atoms with E-state index >= 15 is 0 Å². The highest BCUT2D eigenvalue weighted by Gasteiger charge is 2.15. The minimum absolute atomic E-state index is 0.0639. The quantitative estimate of drug-likeness (QED) is 0.373. The Kier molecular flexibility index (Phi) is 6.95. The predicted molar refractivity (Wildman–Crippen MR) is 121 cm³/mol. The summed E-state index contributed by atoms with van der Waals surface area (Å²) in [6.07, 6.45) is 0. The van der Waals surface area contributed by atoms with Crippen LogP contribution in [0, 0.1) is 10.5 Å². The number of carbonyl (C=O) groups excluding carboxylic acids is 1. The van der Waals surface area contributed by atoms with Crippen molar-refractivity contribution in [1.29, 1.82) is 0 Å². The Labute approximate surface area is 182 Å². The molecule has 0 spiro atoms. The highest BCUT2D eigenvalue weighted by molar-refractivity contribution is 14.1. The Bertz CT molecular complexity index is 973. The second-order valence-corrected chi connectivity index (χ2v) is 8.26. The molecule has 0 saturated carbocycles. The molecule has 2 aromatic carbocycles. The van der Waals surface area contributed by atoms with Gasteiger partial charge in [0.25, 0.3) is 0 Å². The lowest BCUT2D eigenvalue weighted by Gasteiger charge is -2.10. The summed E-state index contributed by atoms with van der Waals surface area (Å²) in [5, 5.41) is 12.3. The summed E-state index contributed by atoms with van der Waals surface area (Å²) in [5.74, 6) is 1.78. The van der Waals surface area contributed by atoms with Gasteiger partial charge in [0, 0.05) is 21.4 Å². The molecule has 6 nitrogen and oxygen atoms in total. The van der Waals surface area contributed by atoms with Gasteiger partial charge in [0.15, 0.2) is 11.0 Å². The number of hydrogen-bond acceptors (Lipinski definition) is 5. The molecule has 8 heteroatoms. The average Bonchev–Trinajstić information content (AvgIpc) is 3.11. The standard InChI is InChI=1S/C20H21IN4O2S/c1-4-25-19(14-5-8-16(27-3)9-6-14)23-24-20(25)28-12-18(26)22-17-10-7-15(21)11-13(17)2/h5-11H,4,12H2,1-3H3,(H,22,26). The molecule has 1 aromatic heterocycles. The number of anilines is 1. The van der Waals surface area contributed by atoms with Crippen LogP contribution in [-0.2, 0) is 11.3 Å². The topological polar surface area (TPSA) is 69.0 Å². The van der Waals surface area contributed by atoms with Gasteiger partial charge in [-0.25, -0.2) is 0 Å². The average molecular weight is 508 g/mol. The maximum absolute atomic E-state index is 12.4. The second kappa shape index (κ2) is 9.42. The minimum Gasteiger partial charge on any atom is -0.497 e. The first-order chi connectivity index (χ1) is 13.5. The Morgan fingerprint density at radius 1 is 1.21 bits per heavy atom. The molecule has 28 heavy (non-hydrogen) atoms. The highest BCUT2D eigenvalue weighted by Crippen LogP contribution is 2.26. The zero-order valence-electron chi connectivity index (χ0n) is 15.9. The van der Waals surface area contributed by atoms with Crippen molar-refractivity contribution in [3.8, 4) is 17.1 Å². The van der Waals surface area contributed by atoms with E-state index in [1.54, 1.807) is 7.11 Å². The van der Waals surface area contributed by atoms with Crippen LogP contribution in [0.4, 0.5) is 5.69 Å². The Morgan fingerprint density at radius 2 is 1.96 bits per heavy atom. The summed E-state index contributed by atoms with van der Waals surface area (Å²) in [7, 11) is 1.64. The number of aryl methyl sites for hydroxylation is 1. The van der Waals surface area contributed by atoms with Crippen molar-refractivity contribution in [3.63, 3.8) is 0 Å². The van der Waals surface area contributed by atoms with Crippen molar-refractivity contribution >= 4 is 45.9 Å². The maximum atomic E-state index is 12.4. The van der Waals surface area contributed by atoms with Crippen LogP contribution in [0.3, 0.4) is 0 Å². The number of hydrogen-bond donors (Lipinski definition) is 1. The number of methoxy groups -OCH3 is 1. The summed E-state index contributed by atoms with van der Waals surface area (Å²) in [5.41, 5.74) is 2.84. The predicted octanol–water partition coefficient (Wildman–Crippen LogP) is 4.62. The van der Waals surface area contributed by atoms with E-state index in [0.29, 0.717) is 6.54 Å². The fourth-order valence-corrected chi connectivity index (χ4v) is 4.17. The molecule has 1 heterocycles. The first-order valence-corrected chi connectivity index (χ1v) is 10.8. The molecular weight excluding hydrogens is 487 g/mol. The Morgan fingerprint density at radius 3 is 2.61 bits per heavy atom. The molecular formula is C20H21IN4O2S. The van der Waals surface area contributed by atoms with E-state index in [4.69, 9.17) is 4.74 Å². The van der Waals surface area contributed by atoms with Crippen molar-refractivity contribution in [2.24, 2.45) is 0 Å². The second-order valence-electron chi connectivity index (χ2n) is 6.08. The van der Waals surface area contributed by atoms with Crippen LogP contribution in [0.25, 0.3) is 11.4 Å². The van der Waals surface area contributed by atoms with Gasteiger partial charge in [-0.15, -0.1) is 10.2 Å². The van der Waals surface area contributed by atoms with Crippen LogP contribution in [0.5, 0.6) is 5.75 Å². The number of amides is 1. The molecule has 0 radical (unpaired) electrons. The van der Waals surface area contributed by atoms with Crippen molar-refractivity contribution in [2.75, 3.05) is 18.2 Å². The van der Waals surface area contributed by atoms with E-state index < -0.39 is 0 Å². The van der Waals surface area contributed by atoms with Gasteiger partial charge in [-0.3, -0.25) is 4.79 Å². The first kappa shape index (κ1) is 20.7. The van der Waals surface area contributed by atoms with Crippen molar-refractivity contribution in [2.45, 2.75) is 25.5 Å². The van der Waals surface area contributed by atoms with Crippen LogP contribution >= 0.6 is 34.4 Å². The summed E-state index contributed by atoms with van der Waals surface area (Å²) in [6.45, 7) is 4.74. The number of nitrogens with one attached hydrogen (secondary N) is 1. The minimum atomic E-state index is -0.0639. The Hall–Kier alpha value is -2.07. The van der Waals surface area contributed by atoms with Gasteiger partial charge < -0.3 is 14.6 Å². The molecule has 0 bridgehead atoms. The van der Waals surface area contributed by atoms with Crippen molar-refractivity contribution < 1.29 is 9.53 Å². The van der Waals surface area contributed by atoms with E-state index in [2.05, 4.69) is 38.1 Å². The molecule has 0 saturated heterocycles. The fourth-order valence-electron chi connectivity index (χ4n) is 2.72. The van der Waals surface area contributed by atoms with Gasteiger partial charge in [-0.1, -0.05) is 11.8 Å². The molecule has 3 aromatic rings. The van der Waals surface area contributed by atoms with E-state index in [9.17, 15) is 4.79 Å². The molecule has 0 fully saturated rings. The number of carbonyl (C=O) groups is 1. The molecule has 0 aliphatic heterocycles. The normalized spacial score (nSPS) is 10.7. The van der Waals surface area contributed by atoms with Gasteiger partial charge in [-0.05, 0) is 84.5 Å². The zero-order valence-corrected chi connectivity index (χ0v) is 18.9. The monoisotopic (exact) mass is 508 g/mol. The molecule has 0 unspecified atom stereocenters. The third kappa shape index (κ3) is 4.85. The molecule has 0 aliphatic rings. The van der Waals surface area contributed by atoms with Gasteiger partial charge in [-0.2, -0.15) is 0 Å². The number of ether oxygens (including phenoxy) is 1. The van der Waals surface area contributed by atoms with Gasteiger partial charge in [0.05, 0.1) is 12.9 Å². The molecule has 0 atom stereocenters. The Balaban J connectivity index is 1.68. The van der Waals surface area contributed by atoms with Crippen LogP contribution < -0.4 is 10.1 Å². The van der Waals surface area contributed by atoms with Crippen LogP contribution in [-0.4, -0.2) is 33.5 Å². The number of nitrogens with zero attached hydrogens (tertiary/aromatic N) is 3. The SMILES string of the molecule is CCn1c(SCC(=O)Nc2ccc(I)cc2C)nnc1-c1ccc(OC)cc1. The molecule has 1 amide bonds. The van der Waals surface area contributed by atoms with E-state index in [0.717, 1.165) is 37.1 Å². The van der Waals surface area contributed by atoms with Crippen LogP contribution in [0.15, 0.2) is 47.6 Å². The van der Waals surface area contributed by atoms with Crippen LogP contribution in [0.1, 0.15) is 12.5 Å².